The second-order valence-electron chi connectivity index (χ2n) is 11.3. The van der Waals surface area contributed by atoms with E-state index in [-0.39, 0.29) is 29.8 Å². The summed E-state index contributed by atoms with van der Waals surface area (Å²) in [5, 5.41) is 24.6. The number of carbonyl (C=O) groups excluding carboxylic acids is 2. The molecule has 0 amide bonds. The SMILES string of the molecule is C/C(=C\c1csc(C)n1)[C@H]1C[C@@H]2O[C@]2(C)CCC[C@H](C)[C@H](O)[C@@H](C)C(=O)C(C)(C)[C@@H](O)CC(=O)O1. The Labute approximate surface area is 212 Å². The van der Waals surface area contributed by atoms with Crippen molar-refractivity contribution in [3.8, 4) is 0 Å². The van der Waals surface area contributed by atoms with Gasteiger partial charge in [0.25, 0.3) is 0 Å². The number of hydrogen-bond acceptors (Lipinski definition) is 8. The van der Waals surface area contributed by atoms with Crippen molar-refractivity contribution >= 4 is 29.2 Å². The molecule has 3 rings (SSSR count). The largest absolute Gasteiger partial charge is 0.458 e. The number of ketones is 1. The molecule has 1 aromatic rings. The van der Waals surface area contributed by atoms with E-state index in [0.29, 0.717) is 6.42 Å². The molecule has 0 radical (unpaired) electrons. The number of hydrogen-bond donors (Lipinski definition) is 2. The minimum atomic E-state index is -1.23. The van der Waals surface area contributed by atoms with Crippen molar-refractivity contribution in [2.24, 2.45) is 17.3 Å². The van der Waals surface area contributed by atoms with Crippen LogP contribution in [0.25, 0.3) is 6.08 Å². The number of Topliss-reactive ketones (excluding diaryl/α,β-unsaturated/α-hetero) is 1. The number of ether oxygens (including phenoxy) is 2. The number of aromatic nitrogens is 1. The average molecular weight is 508 g/mol. The molecule has 7 atom stereocenters. The van der Waals surface area contributed by atoms with Gasteiger partial charge in [0, 0.05) is 17.7 Å². The van der Waals surface area contributed by atoms with Crippen LogP contribution in [0.2, 0.25) is 0 Å². The molecule has 8 heteroatoms. The van der Waals surface area contributed by atoms with E-state index in [1.165, 1.54) is 0 Å². The van der Waals surface area contributed by atoms with Crippen LogP contribution in [-0.4, -0.2) is 57.0 Å². The van der Waals surface area contributed by atoms with E-state index in [4.69, 9.17) is 9.47 Å². The van der Waals surface area contributed by atoms with E-state index in [1.807, 2.05) is 32.2 Å². The fraction of sp³-hybridized carbons (Fsp3) is 0.741. The number of esters is 1. The molecule has 35 heavy (non-hydrogen) atoms. The molecule has 0 spiro atoms. The molecule has 0 saturated carbocycles. The van der Waals surface area contributed by atoms with E-state index in [1.54, 1.807) is 32.1 Å². The molecule has 2 aliphatic heterocycles. The molecule has 2 fully saturated rings. The quantitative estimate of drug-likeness (QED) is 0.449. The van der Waals surface area contributed by atoms with Gasteiger partial charge >= 0.3 is 5.97 Å². The molecular formula is C27H41NO6S. The van der Waals surface area contributed by atoms with Crippen molar-refractivity contribution in [3.63, 3.8) is 0 Å². The zero-order valence-corrected chi connectivity index (χ0v) is 22.9. The molecule has 2 N–H and O–H groups in total. The predicted octanol–water partition coefficient (Wildman–Crippen LogP) is 4.48. The van der Waals surface area contributed by atoms with E-state index >= 15 is 0 Å². The number of epoxide rings is 1. The Hall–Kier alpha value is -1.61. The van der Waals surface area contributed by atoms with Crippen molar-refractivity contribution in [2.45, 2.75) is 111 Å². The van der Waals surface area contributed by atoms with Crippen LogP contribution in [0, 0.1) is 24.2 Å². The van der Waals surface area contributed by atoms with Crippen LogP contribution in [0.1, 0.15) is 84.3 Å². The highest BCUT2D eigenvalue weighted by atomic mass is 32.1. The Morgan fingerprint density at radius 2 is 1.91 bits per heavy atom. The number of aliphatic hydroxyl groups is 2. The van der Waals surface area contributed by atoms with E-state index in [0.717, 1.165) is 35.5 Å². The van der Waals surface area contributed by atoms with Crippen LogP contribution in [0.3, 0.4) is 0 Å². The number of rotatable bonds is 2. The maximum atomic E-state index is 13.2. The van der Waals surface area contributed by atoms with Crippen LogP contribution < -0.4 is 0 Å². The third kappa shape index (κ3) is 6.59. The molecule has 0 unspecified atom stereocenters. The number of aryl methyl sites for hydroxylation is 1. The third-order valence-electron chi connectivity index (χ3n) is 7.93. The van der Waals surface area contributed by atoms with Crippen LogP contribution in [-0.2, 0) is 19.1 Å². The highest BCUT2D eigenvalue weighted by Gasteiger charge is 2.53. The zero-order chi connectivity index (χ0) is 26.1. The number of aliphatic hydroxyl groups excluding tert-OH is 2. The lowest BCUT2D eigenvalue weighted by Crippen LogP contribution is -2.45. The van der Waals surface area contributed by atoms with Crippen LogP contribution in [0.15, 0.2) is 11.0 Å². The fourth-order valence-corrected chi connectivity index (χ4v) is 5.64. The van der Waals surface area contributed by atoms with Gasteiger partial charge in [-0.1, -0.05) is 34.1 Å². The highest BCUT2D eigenvalue weighted by molar-refractivity contribution is 7.09. The minimum Gasteiger partial charge on any atom is -0.458 e. The topological polar surface area (TPSA) is 109 Å². The van der Waals surface area contributed by atoms with Gasteiger partial charge in [0.1, 0.15) is 11.9 Å². The van der Waals surface area contributed by atoms with Gasteiger partial charge in [0.05, 0.1) is 46.5 Å². The fourth-order valence-electron chi connectivity index (χ4n) is 5.07. The summed E-state index contributed by atoms with van der Waals surface area (Å²) in [6.07, 6.45) is 1.98. The smallest absolute Gasteiger partial charge is 0.309 e. The number of nitrogens with zero attached hydrogens (tertiary/aromatic N) is 1. The van der Waals surface area contributed by atoms with Gasteiger partial charge in [0.2, 0.25) is 0 Å². The lowest BCUT2D eigenvalue weighted by molar-refractivity contribution is -0.154. The predicted molar refractivity (Wildman–Crippen MR) is 136 cm³/mol. The van der Waals surface area contributed by atoms with Gasteiger partial charge in [-0.25, -0.2) is 4.98 Å². The summed E-state index contributed by atoms with van der Waals surface area (Å²) in [5.41, 5.74) is 0.179. The standard InChI is InChI=1S/C27H41NO6S/c1-15-9-8-10-27(7)22(34-27)12-20(16(2)11-19-14-35-18(4)28-19)33-23(30)13-21(29)26(5,6)25(32)17(3)24(15)31/h11,14-15,17,20-22,24,29,31H,8-10,12-13H2,1-7H3/b16-11+/t15-,17+,20+,21-,22-,24-,27+/m0/s1. The Morgan fingerprint density at radius 3 is 2.54 bits per heavy atom. The first-order chi connectivity index (χ1) is 16.2. The normalized spacial score (nSPS) is 37.5. The summed E-state index contributed by atoms with van der Waals surface area (Å²) in [6, 6.07) is 0. The molecule has 7 nitrogen and oxygen atoms in total. The summed E-state index contributed by atoms with van der Waals surface area (Å²) in [5.74, 6) is -1.55. The van der Waals surface area contributed by atoms with Crippen LogP contribution in [0.4, 0.5) is 0 Å². The third-order valence-corrected chi connectivity index (χ3v) is 8.72. The van der Waals surface area contributed by atoms with Crippen LogP contribution in [0.5, 0.6) is 0 Å². The van der Waals surface area contributed by atoms with Gasteiger partial charge < -0.3 is 19.7 Å². The van der Waals surface area contributed by atoms with Crippen LogP contribution >= 0.6 is 11.3 Å². The van der Waals surface area contributed by atoms with Crippen molar-refractivity contribution in [1.29, 1.82) is 0 Å². The van der Waals surface area contributed by atoms with E-state index in [9.17, 15) is 19.8 Å². The van der Waals surface area contributed by atoms with Gasteiger partial charge in [-0.15, -0.1) is 11.3 Å². The Bertz CT molecular complexity index is 955. The highest BCUT2D eigenvalue weighted by Crippen LogP contribution is 2.45. The summed E-state index contributed by atoms with van der Waals surface area (Å²) < 4.78 is 11.9. The zero-order valence-electron chi connectivity index (χ0n) is 22.0. The second kappa shape index (κ2) is 10.8. The van der Waals surface area contributed by atoms with E-state index in [2.05, 4.69) is 11.9 Å². The maximum absolute atomic E-state index is 13.2. The first-order valence-corrected chi connectivity index (χ1v) is 13.5. The summed E-state index contributed by atoms with van der Waals surface area (Å²) >= 11 is 1.56. The maximum Gasteiger partial charge on any atom is 0.309 e. The van der Waals surface area contributed by atoms with Crippen molar-refractivity contribution in [2.75, 3.05) is 0 Å². The lowest BCUT2D eigenvalue weighted by atomic mass is 9.73. The number of cyclic esters (lactones) is 1. The number of thiazole rings is 1. The Morgan fingerprint density at radius 1 is 1.23 bits per heavy atom. The molecule has 196 valence electrons. The summed E-state index contributed by atoms with van der Waals surface area (Å²) in [7, 11) is 0. The van der Waals surface area contributed by atoms with Gasteiger partial charge in [-0.2, -0.15) is 0 Å². The molecular weight excluding hydrogens is 466 g/mol. The Balaban J connectivity index is 1.85. The number of carbonyl (C=O) groups is 2. The monoisotopic (exact) mass is 507 g/mol. The van der Waals surface area contributed by atoms with E-state index < -0.39 is 35.6 Å². The van der Waals surface area contributed by atoms with Crippen molar-refractivity contribution < 1.29 is 29.3 Å². The molecule has 0 aliphatic carbocycles. The number of fused-ring (bicyclic) bond motifs is 1. The van der Waals surface area contributed by atoms with Gasteiger partial charge in [-0.05, 0) is 51.2 Å². The second-order valence-corrected chi connectivity index (χ2v) is 12.3. The average Bonchev–Trinajstić information content (AvgIpc) is 3.22. The Kier molecular flexibility index (Phi) is 8.62. The first kappa shape index (κ1) is 28.0. The lowest BCUT2D eigenvalue weighted by Gasteiger charge is -2.34. The summed E-state index contributed by atoms with van der Waals surface area (Å²) in [6.45, 7) is 12.8. The molecule has 1 aromatic heterocycles. The minimum absolute atomic E-state index is 0.0455. The molecule has 0 aromatic carbocycles. The van der Waals surface area contributed by atoms with Crippen molar-refractivity contribution in [1.82, 2.24) is 4.98 Å². The van der Waals surface area contributed by atoms with Gasteiger partial charge in [-0.3, -0.25) is 9.59 Å². The van der Waals surface area contributed by atoms with Gasteiger partial charge in [0.15, 0.2) is 0 Å². The first-order valence-electron chi connectivity index (χ1n) is 12.6. The molecule has 2 aliphatic rings. The molecule has 3 heterocycles. The molecule has 2 saturated heterocycles. The summed E-state index contributed by atoms with van der Waals surface area (Å²) in [4.78, 5) is 30.6. The van der Waals surface area contributed by atoms with Crippen molar-refractivity contribution in [3.05, 3.63) is 21.7 Å². The molecule has 0 bridgehead atoms.